The first-order valence-electron chi connectivity index (χ1n) is 7.95. The van der Waals surface area contributed by atoms with Crippen LogP contribution in [0.25, 0.3) is 0 Å². The minimum atomic E-state index is -3.47. The minimum Gasteiger partial charge on any atom is -0.469 e. The van der Waals surface area contributed by atoms with Crippen molar-refractivity contribution < 1.29 is 12.8 Å². The van der Waals surface area contributed by atoms with Gasteiger partial charge in [0.1, 0.15) is 5.76 Å². The zero-order valence-corrected chi connectivity index (χ0v) is 14.4. The highest BCUT2D eigenvalue weighted by atomic mass is 32.2. The van der Waals surface area contributed by atoms with Crippen molar-refractivity contribution in [1.29, 1.82) is 0 Å². The van der Waals surface area contributed by atoms with Crippen LogP contribution in [0.3, 0.4) is 0 Å². The van der Waals surface area contributed by atoms with Gasteiger partial charge in [0.15, 0.2) is 9.84 Å². The molecule has 1 heterocycles. The molecular formula is C20H20O3S. The molecule has 0 N–H and O–H groups in total. The fraction of sp³-hybridized carbons (Fsp3) is 0.200. The molecule has 1 atom stereocenters. The maximum Gasteiger partial charge on any atom is 0.185 e. The molecule has 124 valence electrons. The van der Waals surface area contributed by atoms with E-state index in [0.717, 1.165) is 11.3 Å². The lowest BCUT2D eigenvalue weighted by Gasteiger charge is -2.16. The Kier molecular flexibility index (Phi) is 4.86. The Labute approximate surface area is 142 Å². The van der Waals surface area contributed by atoms with Gasteiger partial charge in [-0.15, -0.1) is 0 Å². The second-order valence-electron chi connectivity index (χ2n) is 5.86. The highest BCUT2D eigenvalue weighted by Crippen LogP contribution is 2.33. The quantitative estimate of drug-likeness (QED) is 0.651. The third-order valence-electron chi connectivity index (χ3n) is 4.11. The molecule has 3 nitrogen and oxygen atoms in total. The first-order chi connectivity index (χ1) is 11.6. The molecule has 0 aliphatic rings. The Hall–Kier alpha value is -2.33. The fourth-order valence-corrected chi connectivity index (χ4v) is 4.63. The first-order valence-corrected chi connectivity index (χ1v) is 9.50. The van der Waals surface area contributed by atoms with E-state index in [2.05, 4.69) is 0 Å². The standard InChI is InChI=1S/C20H20O3S/c1-16-14-18(15-23-16)20(13-12-17-8-4-2-5-9-17)24(21,22)19-10-6-3-7-11-19/h2-11,14-15,20H,12-13H2,1H3. The van der Waals surface area contributed by atoms with Crippen molar-refractivity contribution in [1.82, 2.24) is 0 Å². The number of sulfone groups is 1. The van der Waals surface area contributed by atoms with Crippen LogP contribution >= 0.6 is 0 Å². The number of rotatable bonds is 6. The van der Waals surface area contributed by atoms with Crippen LogP contribution in [0.1, 0.15) is 28.6 Å². The first kappa shape index (κ1) is 16.5. The number of furan rings is 1. The molecule has 2 aromatic carbocycles. The number of benzene rings is 2. The van der Waals surface area contributed by atoms with Crippen molar-refractivity contribution in [2.24, 2.45) is 0 Å². The molecule has 1 unspecified atom stereocenters. The van der Waals surface area contributed by atoms with Crippen LogP contribution in [0.5, 0.6) is 0 Å². The Morgan fingerprint density at radius 1 is 0.958 bits per heavy atom. The van der Waals surface area contributed by atoms with E-state index in [1.165, 1.54) is 0 Å². The number of hydrogen-bond donors (Lipinski definition) is 0. The Balaban J connectivity index is 1.93. The van der Waals surface area contributed by atoms with Crippen molar-refractivity contribution in [3.05, 3.63) is 89.9 Å². The molecule has 0 amide bonds. The number of hydrogen-bond acceptors (Lipinski definition) is 3. The second-order valence-corrected chi connectivity index (χ2v) is 7.99. The summed E-state index contributed by atoms with van der Waals surface area (Å²) < 4.78 is 31.6. The topological polar surface area (TPSA) is 47.3 Å². The van der Waals surface area contributed by atoms with E-state index in [-0.39, 0.29) is 0 Å². The van der Waals surface area contributed by atoms with Crippen LogP contribution in [0.4, 0.5) is 0 Å². The summed E-state index contributed by atoms with van der Waals surface area (Å²) in [6.07, 6.45) is 2.77. The lowest BCUT2D eigenvalue weighted by Crippen LogP contribution is -2.14. The molecular weight excluding hydrogens is 320 g/mol. The lowest BCUT2D eigenvalue weighted by molar-refractivity contribution is 0.528. The lowest BCUT2D eigenvalue weighted by atomic mass is 10.1. The average molecular weight is 340 g/mol. The molecule has 0 bridgehead atoms. The zero-order chi connectivity index (χ0) is 17.0. The van der Waals surface area contributed by atoms with Crippen LogP contribution in [0.2, 0.25) is 0 Å². The molecule has 3 rings (SSSR count). The van der Waals surface area contributed by atoms with Gasteiger partial charge in [-0.25, -0.2) is 8.42 Å². The van der Waals surface area contributed by atoms with Gasteiger partial charge in [-0.05, 0) is 43.5 Å². The maximum absolute atomic E-state index is 13.1. The minimum absolute atomic E-state index is 0.349. The molecule has 24 heavy (non-hydrogen) atoms. The molecule has 3 aromatic rings. The summed E-state index contributed by atoms with van der Waals surface area (Å²) in [6.45, 7) is 1.83. The Morgan fingerprint density at radius 3 is 2.17 bits per heavy atom. The normalized spacial score (nSPS) is 12.9. The number of aryl methyl sites for hydroxylation is 2. The molecule has 1 aromatic heterocycles. The van der Waals surface area contributed by atoms with Crippen LogP contribution in [-0.2, 0) is 16.3 Å². The van der Waals surface area contributed by atoms with Gasteiger partial charge in [0.2, 0.25) is 0 Å². The molecule has 0 spiro atoms. The van der Waals surface area contributed by atoms with Crippen molar-refractivity contribution >= 4 is 9.84 Å². The summed E-state index contributed by atoms with van der Waals surface area (Å²) in [4.78, 5) is 0.349. The monoisotopic (exact) mass is 340 g/mol. The summed E-state index contributed by atoms with van der Waals surface area (Å²) in [7, 11) is -3.47. The zero-order valence-electron chi connectivity index (χ0n) is 13.6. The van der Waals surface area contributed by atoms with Gasteiger partial charge >= 0.3 is 0 Å². The highest BCUT2D eigenvalue weighted by Gasteiger charge is 2.30. The third-order valence-corrected chi connectivity index (χ3v) is 6.29. The molecule has 0 aliphatic carbocycles. The third kappa shape index (κ3) is 3.60. The average Bonchev–Trinajstić information content (AvgIpc) is 3.02. The van der Waals surface area contributed by atoms with Gasteiger partial charge in [0.05, 0.1) is 16.4 Å². The highest BCUT2D eigenvalue weighted by molar-refractivity contribution is 7.91. The van der Waals surface area contributed by atoms with Crippen LogP contribution in [-0.4, -0.2) is 8.42 Å². The van der Waals surface area contributed by atoms with Crippen molar-refractivity contribution in [3.8, 4) is 0 Å². The Bertz CT molecular complexity index is 881. The van der Waals surface area contributed by atoms with E-state index in [4.69, 9.17) is 4.42 Å². The van der Waals surface area contributed by atoms with Gasteiger partial charge in [-0.2, -0.15) is 0 Å². The van der Waals surface area contributed by atoms with Gasteiger partial charge in [0.25, 0.3) is 0 Å². The summed E-state index contributed by atoms with van der Waals surface area (Å²) >= 11 is 0. The van der Waals surface area contributed by atoms with E-state index < -0.39 is 15.1 Å². The van der Waals surface area contributed by atoms with Gasteiger partial charge in [0, 0.05) is 5.56 Å². The summed E-state index contributed by atoms with van der Waals surface area (Å²) in [5, 5.41) is -0.613. The smallest absolute Gasteiger partial charge is 0.185 e. The van der Waals surface area contributed by atoms with E-state index >= 15 is 0 Å². The van der Waals surface area contributed by atoms with Crippen molar-refractivity contribution in [2.75, 3.05) is 0 Å². The molecule has 0 saturated carbocycles. The Morgan fingerprint density at radius 2 is 1.58 bits per heavy atom. The maximum atomic E-state index is 13.1. The predicted molar refractivity (Wildman–Crippen MR) is 94.6 cm³/mol. The molecule has 4 heteroatoms. The molecule has 0 saturated heterocycles. The van der Waals surface area contributed by atoms with Crippen LogP contribution < -0.4 is 0 Å². The predicted octanol–water partition coefficient (Wildman–Crippen LogP) is 4.74. The van der Waals surface area contributed by atoms with E-state index in [1.807, 2.05) is 49.4 Å². The van der Waals surface area contributed by atoms with E-state index in [1.54, 1.807) is 30.5 Å². The summed E-state index contributed by atoms with van der Waals surface area (Å²) in [5.74, 6) is 0.720. The largest absolute Gasteiger partial charge is 0.469 e. The van der Waals surface area contributed by atoms with Gasteiger partial charge in [-0.1, -0.05) is 48.5 Å². The summed E-state index contributed by atoms with van der Waals surface area (Å²) in [5.41, 5.74) is 1.85. The SMILES string of the molecule is Cc1cc(C(CCc2ccccc2)S(=O)(=O)c2ccccc2)co1. The second kappa shape index (κ2) is 7.05. The summed E-state index contributed by atoms with van der Waals surface area (Å²) in [6, 6.07) is 20.4. The van der Waals surface area contributed by atoms with Crippen molar-refractivity contribution in [3.63, 3.8) is 0 Å². The molecule has 0 radical (unpaired) electrons. The molecule has 0 aliphatic heterocycles. The van der Waals surface area contributed by atoms with Gasteiger partial charge in [-0.3, -0.25) is 0 Å². The molecule has 0 fully saturated rings. The van der Waals surface area contributed by atoms with Crippen LogP contribution in [0, 0.1) is 6.92 Å². The van der Waals surface area contributed by atoms with Crippen molar-refractivity contribution in [2.45, 2.75) is 29.9 Å². The van der Waals surface area contributed by atoms with Gasteiger partial charge < -0.3 is 4.42 Å². The van der Waals surface area contributed by atoms with Crippen LogP contribution in [0.15, 0.2) is 82.3 Å². The fourth-order valence-electron chi connectivity index (χ4n) is 2.85. The van der Waals surface area contributed by atoms with E-state index in [0.29, 0.717) is 23.3 Å². The van der Waals surface area contributed by atoms with E-state index in [9.17, 15) is 8.42 Å².